The molecule has 1 rings (SSSR count). The van der Waals surface area contributed by atoms with Crippen molar-refractivity contribution < 1.29 is 4.11 Å². The number of hydrogen-bond acceptors (Lipinski definition) is 1. The minimum atomic E-state index is -0.0552. The molecule has 0 radical (unpaired) electrons. The van der Waals surface area contributed by atoms with Crippen LogP contribution < -0.4 is 0 Å². The molecule has 42 valence electrons. The maximum atomic E-state index is 7.39. The minimum Gasteiger partial charge on any atom is -0.262 e. The van der Waals surface area contributed by atoms with Crippen molar-refractivity contribution in [2.24, 2.45) is 0 Å². The lowest BCUT2D eigenvalue weighted by molar-refractivity contribution is 1.29. The fourth-order valence-electron chi connectivity index (χ4n) is 0.278. The fourth-order valence-corrected chi connectivity index (χ4v) is 1.33. The largest absolute Gasteiger partial charge is 0.262 e. The smallest absolute Gasteiger partial charge is 0.0852 e. The van der Waals surface area contributed by atoms with E-state index in [1.165, 1.54) is 0 Å². The second-order valence-electron chi connectivity index (χ2n) is 1.09. The van der Waals surface area contributed by atoms with Gasteiger partial charge >= 0.3 is 0 Å². The number of rotatable bonds is 0. The summed E-state index contributed by atoms with van der Waals surface area (Å²) in [6, 6.07) is 0.163. The lowest BCUT2D eigenvalue weighted by Crippen LogP contribution is -1.72. The molecule has 0 N–H and O–H groups in total. The van der Waals surface area contributed by atoms with Gasteiger partial charge in [-0.15, -0.1) is 0 Å². The third-order valence-electron chi connectivity index (χ3n) is 0.528. The third kappa shape index (κ3) is 1.70. The monoisotopic (exact) mass is 286 g/mol. The topological polar surface area (TPSA) is 12.9 Å². The molecule has 0 aliphatic rings. The zero-order valence-corrected chi connectivity index (χ0v) is 7.45. The molecule has 1 aromatic rings. The Morgan fingerprint density at radius 3 is 3.25 bits per heavy atom. The van der Waals surface area contributed by atoms with Crippen LogP contribution in [0.2, 0.25) is 0 Å². The number of aromatic nitrogens is 1. The Balaban J connectivity index is 3.46. The molecule has 1 nitrogen and oxygen atoms in total. The standard InChI is InChI=1S/C5H3BrIN/c6-4-1-5(7)3-8-2-4/h1-3H/i1D,2D,3D. The fraction of sp³-hybridized carbons (Fsp3) is 0. The quantitative estimate of drug-likeness (QED) is 0.668. The van der Waals surface area contributed by atoms with E-state index in [1.807, 2.05) is 22.6 Å². The predicted molar refractivity (Wildman–Crippen MR) is 44.7 cm³/mol. The van der Waals surface area contributed by atoms with Crippen molar-refractivity contribution >= 4 is 38.5 Å². The molecule has 1 aromatic heterocycles. The molecule has 0 saturated carbocycles. The van der Waals surface area contributed by atoms with Crippen molar-refractivity contribution in [1.29, 1.82) is 0 Å². The van der Waals surface area contributed by atoms with Gasteiger partial charge in [-0.05, 0) is 44.6 Å². The Bertz CT molecular complexity index is 278. The number of nitrogens with zero attached hydrogens (tertiary/aromatic N) is 1. The maximum Gasteiger partial charge on any atom is 0.0852 e. The van der Waals surface area contributed by atoms with Crippen LogP contribution in [0.15, 0.2) is 22.9 Å². The molecule has 0 atom stereocenters. The van der Waals surface area contributed by atoms with Crippen molar-refractivity contribution in [3.05, 3.63) is 26.4 Å². The van der Waals surface area contributed by atoms with Gasteiger partial charge in [0.25, 0.3) is 0 Å². The van der Waals surface area contributed by atoms with Crippen LogP contribution in [0.4, 0.5) is 0 Å². The van der Waals surface area contributed by atoms with Gasteiger partial charge in [-0.3, -0.25) is 4.98 Å². The summed E-state index contributed by atoms with van der Waals surface area (Å²) in [5.74, 6) is 0. The average Bonchev–Trinajstić information content (AvgIpc) is 1.97. The van der Waals surface area contributed by atoms with Crippen LogP contribution in [0.3, 0.4) is 0 Å². The first-order chi connectivity index (χ1) is 5.04. The molecule has 1 heterocycles. The molecule has 0 aliphatic carbocycles. The van der Waals surface area contributed by atoms with E-state index in [9.17, 15) is 0 Å². The SMILES string of the molecule is [2H]c1nc([2H])c(I)c([2H])c1Br. The Labute approximate surface area is 74.0 Å². The van der Waals surface area contributed by atoms with Gasteiger partial charge in [0.15, 0.2) is 0 Å². The summed E-state index contributed by atoms with van der Waals surface area (Å²) >= 11 is 4.90. The van der Waals surface area contributed by atoms with E-state index >= 15 is 0 Å². The Kier molecular flexibility index (Phi) is 1.22. The first-order valence-corrected chi connectivity index (χ1v) is 3.70. The van der Waals surface area contributed by atoms with Gasteiger partial charge in [0.05, 0.1) is 4.11 Å². The summed E-state index contributed by atoms with van der Waals surface area (Å²) in [6.07, 6.45) is -0.0655. The van der Waals surface area contributed by atoms with Crippen LogP contribution in [-0.4, -0.2) is 4.98 Å². The average molecular weight is 287 g/mol. The molecule has 0 amide bonds. The van der Waals surface area contributed by atoms with Crippen molar-refractivity contribution in [2.45, 2.75) is 0 Å². The summed E-state index contributed by atoms with van der Waals surface area (Å²) in [6.45, 7) is 0. The van der Waals surface area contributed by atoms with Crippen molar-refractivity contribution in [2.75, 3.05) is 0 Å². The van der Waals surface area contributed by atoms with Gasteiger partial charge in [-0.2, -0.15) is 0 Å². The van der Waals surface area contributed by atoms with Crippen LogP contribution in [0.5, 0.6) is 0 Å². The molecule has 0 aliphatic heterocycles. The number of hydrogen-bond donors (Lipinski definition) is 0. The second kappa shape index (κ2) is 2.77. The highest BCUT2D eigenvalue weighted by Gasteiger charge is 1.85. The van der Waals surface area contributed by atoms with E-state index in [4.69, 9.17) is 4.11 Å². The van der Waals surface area contributed by atoms with Crippen molar-refractivity contribution in [1.82, 2.24) is 4.98 Å². The Hall–Kier alpha value is 0.360. The highest BCUT2D eigenvalue weighted by Crippen LogP contribution is 2.10. The molecular formula is C5H3BrIN. The van der Waals surface area contributed by atoms with E-state index < -0.39 is 0 Å². The van der Waals surface area contributed by atoms with E-state index in [0.29, 0.717) is 8.04 Å². The number of pyridine rings is 1. The summed E-state index contributed by atoms with van der Waals surface area (Å²) in [4.78, 5) is 3.59. The molecule has 0 bridgehead atoms. The normalized spacial score (nSPS) is 14.5. The second-order valence-corrected chi connectivity index (χ2v) is 2.96. The summed E-state index contributed by atoms with van der Waals surface area (Å²) in [5, 5.41) is 0. The molecule has 0 aromatic carbocycles. The van der Waals surface area contributed by atoms with Gasteiger partial charge in [-0.25, -0.2) is 0 Å². The van der Waals surface area contributed by atoms with E-state index in [1.54, 1.807) is 0 Å². The summed E-state index contributed by atoms with van der Waals surface area (Å²) in [7, 11) is 0. The number of halogens is 2. The van der Waals surface area contributed by atoms with Crippen LogP contribution in [0.1, 0.15) is 4.11 Å². The predicted octanol–water partition coefficient (Wildman–Crippen LogP) is 2.45. The lowest BCUT2D eigenvalue weighted by Gasteiger charge is -1.86. The molecule has 0 saturated heterocycles. The molecular weight excluding hydrogens is 281 g/mol. The maximum absolute atomic E-state index is 7.39. The lowest BCUT2D eigenvalue weighted by atomic mass is 10.5. The first-order valence-electron chi connectivity index (χ1n) is 3.33. The summed E-state index contributed by atoms with van der Waals surface area (Å²) < 4.78 is 22.6. The highest BCUT2D eigenvalue weighted by molar-refractivity contribution is 14.1. The van der Waals surface area contributed by atoms with Gasteiger partial charge in [-0.1, -0.05) is 0 Å². The van der Waals surface area contributed by atoms with Crippen molar-refractivity contribution in [3.8, 4) is 0 Å². The van der Waals surface area contributed by atoms with Gasteiger partial charge < -0.3 is 0 Å². The van der Waals surface area contributed by atoms with Crippen LogP contribution in [0.25, 0.3) is 0 Å². The van der Waals surface area contributed by atoms with Gasteiger partial charge in [0, 0.05) is 20.4 Å². The Morgan fingerprint density at radius 2 is 2.50 bits per heavy atom. The zero-order valence-electron chi connectivity index (χ0n) is 6.70. The molecule has 0 unspecified atom stereocenters. The molecule has 8 heavy (non-hydrogen) atoms. The van der Waals surface area contributed by atoms with Gasteiger partial charge in [0.2, 0.25) is 0 Å². The highest BCUT2D eigenvalue weighted by atomic mass is 127. The first kappa shape index (κ1) is 3.51. The molecule has 3 heteroatoms. The van der Waals surface area contributed by atoms with Crippen LogP contribution >= 0.6 is 38.5 Å². The summed E-state index contributed by atoms with van der Waals surface area (Å²) in [5.41, 5.74) is 0. The van der Waals surface area contributed by atoms with E-state index in [2.05, 4.69) is 20.9 Å². The molecule has 0 spiro atoms. The van der Waals surface area contributed by atoms with E-state index in [-0.39, 0.29) is 18.4 Å². The van der Waals surface area contributed by atoms with Gasteiger partial charge in [0.1, 0.15) is 0 Å². The molecule has 0 fully saturated rings. The minimum absolute atomic E-state index is 0.0104. The van der Waals surface area contributed by atoms with Crippen LogP contribution in [0, 0.1) is 3.57 Å². The van der Waals surface area contributed by atoms with Crippen LogP contribution in [-0.2, 0) is 0 Å². The van der Waals surface area contributed by atoms with E-state index in [0.717, 1.165) is 0 Å². The third-order valence-corrected chi connectivity index (χ3v) is 1.41. The van der Waals surface area contributed by atoms with Crippen molar-refractivity contribution in [3.63, 3.8) is 0 Å². The Morgan fingerprint density at radius 1 is 1.75 bits per heavy atom. The zero-order chi connectivity index (χ0) is 8.59.